The molecule has 1 fully saturated rings. The first-order chi connectivity index (χ1) is 10.8. The van der Waals surface area contributed by atoms with Crippen LogP contribution in [0.15, 0.2) is 53.1 Å². The molecule has 2 aromatic rings. The van der Waals surface area contributed by atoms with Crippen LogP contribution >= 0.6 is 0 Å². The molecule has 22 heavy (non-hydrogen) atoms. The first-order valence-corrected chi connectivity index (χ1v) is 7.89. The standard InChI is InChI=1S/C18H22N2O2/c21-18(20-10-8-19-9-11-20)14-16(17-7-4-12-22-17)13-15-5-2-1-3-6-15/h1-7,12,16,19H,8-11,13-14H2. The number of rotatable bonds is 5. The maximum atomic E-state index is 12.6. The van der Waals surface area contributed by atoms with E-state index in [2.05, 4.69) is 17.4 Å². The molecule has 0 bridgehead atoms. The van der Waals surface area contributed by atoms with Gasteiger partial charge in [0, 0.05) is 38.5 Å². The molecule has 1 N–H and O–H groups in total. The van der Waals surface area contributed by atoms with E-state index in [1.54, 1.807) is 6.26 Å². The van der Waals surface area contributed by atoms with Crippen LogP contribution in [0.3, 0.4) is 0 Å². The predicted octanol–water partition coefficient (Wildman–Crippen LogP) is 2.43. The van der Waals surface area contributed by atoms with Gasteiger partial charge in [-0.1, -0.05) is 30.3 Å². The van der Waals surface area contributed by atoms with E-state index in [1.807, 2.05) is 35.2 Å². The number of amides is 1. The highest BCUT2D eigenvalue weighted by Crippen LogP contribution is 2.25. The van der Waals surface area contributed by atoms with Gasteiger partial charge >= 0.3 is 0 Å². The van der Waals surface area contributed by atoms with E-state index < -0.39 is 0 Å². The number of benzene rings is 1. The molecule has 0 radical (unpaired) electrons. The van der Waals surface area contributed by atoms with Gasteiger partial charge in [-0.25, -0.2) is 0 Å². The maximum absolute atomic E-state index is 12.6. The molecule has 1 unspecified atom stereocenters. The van der Waals surface area contributed by atoms with Gasteiger partial charge in [-0.3, -0.25) is 4.79 Å². The van der Waals surface area contributed by atoms with Crippen molar-refractivity contribution in [2.75, 3.05) is 26.2 Å². The molecule has 4 heteroatoms. The van der Waals surface area contributed by atoms with E-state index in [-0.39, 0.29) is 11.8 Å². The predicted molar refractivity (Wildman–Crippen MR) is 85.7 cm³/mol. The SMILES string of the molecule is O=C(CC(Cc1ccccc1)c1ccco1)N1CCNCC1. The number of nitrogens with one attached hydrogen (secondary N) is 1. The average Bonchev–Trinajstić information content (AvgIpc) is 3.10. The minimum Gasteiger partial charge on any atom is -0.469 e. The molecule has 1 aromatic carbocycles. The fraction of sp³-hybridized carbons (Fsp3) is 0.389. The van der Waals surface area contributed by atoms with Gasteiger partial charge in [0.05, 0.1) is 6.26 Å². The van der Waals surface area contributed by atoms with Gasteiger partial charge in [0.1, 0.15) is 5.76 Å². The van der Waals surface area contributed by atoms with Gasteiger partial charge in [-0.15, -0.1) is 0 Å². The van der Waals surface area contributed by atoms with E-state index >= 15 is 0 Å². The van der Waals surface area contributed by atoms with Crippen molar-refractivity contribution in [2.45, 2.75) is 18.8 Å². The fourth-order valence-corrected chi connectivity index (χ4v) is 2.95. The second-order valence-electron chi connectivity index (χ2n) is 5.74. The Bertz CT molecular complexity index is 574. The Kier molecular flexibility index (Phi) is 4.91. The zero-order chi connectivity index (χ0) is 15.2. The lowest BCUT2D eigenvalue weighted by Crippen LogP contribution is -2.46. The minimum absolute atomic E-state index is 0.0970. The molecule has 116 valence electrons. The number of carbonyl (C=O) groups excluding carboxylic acids is 1. The van der Waals surface area contributed by atoms with Crippen molar-refractivity contribution in [3.63, 3.8) is 0 Å². The summed E-state index contributed by atoms with van der Waals surface area (Å²) in [5, 5.41) is 3.28. The lowest BCUT2D eigenvalue weighted by Gasteiger charge is -2.28. The Morgan fingerprint density at radius 1 is 1.14 bits per heavy atom. The topological polar surface area (TPSA) is 45.5 Å². The zero-order valence-corrected chi connectivity index (χ0v) is 12.7. The molecule has 4 nitrogen and oxygen atoms in total. The van der Waals surface area contributed by atoms with Crippen LogP contribution in [0.25, 0.3) is 0 Å². The van der Waals surface area contributed by atoms with E-state index in [0.29, 0.717) is 6.42 Å². The van der Waals surface area contributed by atoms with Crippen molar-refractivity contribution in [2.24, 2.45) is 0 Å². The summed E-state index contributed by atoms with van der Waals surface area (Å²) in [6.07, 6.45) is 3.01. The van der Waals surface area contributed by atoms with E-state index in [9.17, 15) is 4.79 Å². The van der Waals surface area contributed by atoms with E-state index in [1.165, 1.54) is 5.56 Å². The fourth-order valence-electron chi connectivity index (χ4n) is 2.95. The van der Waals surface area contributed by atoms with Crippen LogP contribution in [-0.4, -0.2) is 37.0 Å². The van der Waals surface area contributed by atoms with Gasteiger partial charge in [-0.05, 0) is 24.1 Å². The molecule has 1 aromatic heterocycles. The van der Waals surface area contributed by atoms with Crippen LogP contribution in [-0.2, 0) is 11.2 Å². The number of hydrogen-bond acceptors (Lipinski definition) is 3. The molecular weight excluding hydrogens is 276 g/mol. The summed E-state index contributed by atoms with van der Waals surface area (Å²) < 4.78 is 5.57. The van der Waals surface area contributed by atoms with Crippen LogP contribution in [0.5, 0.6) is 0 Å². The number of furan rings is 1. The van der Waals surface area contributed by atoms with Crippen LogP contribution in [0, 0.1) is 0 Å². The molecule has 1 amide bonds. The first-order valence-electron chi connectivity index (χ1n) is 7.89. The lowest BCUT2D eigenvalue weighted by atomic mass is 9.93. The highest BCUT2D eigenvalue weighted by molar-refractivity contribution is 5.77. The number of hydrogen-bond donors (Lipinski definition) is 1. The van der Waals surface area contributed by atoms with Crippen molar-refractivity contribution >= 4 is 5.91 Å². The maximum Gasteiger partial charge on any atom is 0.223 e. The smallest absolute Gasteiger partial charge is 0.223 e. The molecule has 0 saturated carbocycles. The number of nitrogens with zero attached hydrogens (tertiary/aromatic N) is 1. The third kappa shape index (κ3) is 3.77. The van der Waals surface area contributed by atoms with Crippen LogP contribution in [0.1, 0.15) is 23.7 Å². The quantitative estimate of drug-likeness (QED) is 0.922. The highest BCUT2D eigenvalue weighted by Gasteiger charge is 2.23. The van der Waals surface area contributed by atoms with Crippen molar-refractivity contribution in [3.05, 3.63) is 60.1 Å². The minimum atomic E-state index is 0.0970. The number of piperazine rings is 1. The summed E-state index contributed by atoms with van der Waals surface area (Å²) in [6.45, 7) is 3.37. The second-order valence-corrected chi connectivity index (χ2v) is 5.74. The van der Waals surface area contributed by atoms with Crippen molar-refractivity contribution in [1.82, 2.24) is 10.2 Å². The second kappa shape index (κ2) is 7.27. The summed E-state index contributed by atoms with van der Waals surface area (Å²) in [4.78, 5) is 14.5. The van der Waals surface area contributed by atoms with Crippen LogP contribution in [0.4, 0.5) is 0 Å². The molecule has 3 rings (SSSR count). The molecular formula is C18H22N2O2. The van der Waals surface area contributed by atoms with Crippen molar-refractivity contribution in [1.29, 1.82) is 0 Å². The molecule has 1 aliphatic heterocycles. The first kappa shape index (κ1) is 14.9. The van der Waals surface area contributed by atoms with E-state index in [4.69, 9.17) is 4.42 Å². The third-order valence-corrected chi connectivity index (χ3v) is 4.16. The Hall–Kier alpha value is -2.07. The average molecular weight is 298 g/mol. The van der Waals surface area contributed by atoms with Gasteiger partial charge in [-0.2, -0.15) is 0 Å². The highest BCUT2D eigenvalue weighted by atomic mass is 16.3. The van der Waals surface area contributed by atoms with E-state index in [0.717, 1.165) is 38.4 Å². The zero-order valence-electron chi connectivity index (χ0n) is 12.7. The van der Waals surface area contributed by atoms with Crippen LogP contribution < -0.4 is 5.32 Å². The van der Waals surface area contributed by atoms with Gasteiger partial charge in [0.25, 0.3) is 0 Å². The summed E-state index contributed by atoms with van der Waals surface area (Å²) in [7, 11) is 0. The van der Waals surface area contributed by atoms with Gasteiger partial charge < -0.3 is 14.6 Å². The normalized spacial score (nSPS) is 16.5. The third-order valence-electron chi connectivity index (χ3n) is 4.16. The molecule has 2 heterocycles. The largest absolute Gasteiger partial charge is 0.469 e. The Morgan fingerprint density at radius 2 is 1.91 bits per heavy atom. The summed E-state index contributed by atoms with van der Waals surface area (Å²) in [6, 6.07) is 14.1. The molecule has 0 spiro atoms. The lowest BCUT2D eigenvalue weighted by molar-refractivity contribution is -0.132. The molecule has 1 saturated heterocycles. The summed E-state index contributed by atoms with van der Waals surface area (Å²) >= 11 is 0. The van der Waals surface area contributed by atoms with Crippen molar-refractivity contribution in [3.8, 4) is 0 Å². The molecule has 1 aliphatic rings. The summed E-state index contributed by atoms with van der Waals surface area (Å²) in [5.41, 5.74) is 1.23. The molecule has 0 aliphatic carbocycles. The number of carbonyl (C=O) groups is 1. The van der Waals surface area contributed by atoms with Gasteiger partial charge in [0.2, 0.25) is 5.91 Å². The molecule has 1 atom stereocenters. The Morgan fingerprint density at radius 3 is 2.59 bits per heavy atom. The Balaban J connectivity index is 1.70. The van der Waals surface area contributed by atoms with Gasteiger partial charge in [0.15, 0.2) is 0 Å². The monoisotopic (exact) mass is 298 g/mol. The Labute approximate surface area is 131 Å². The van der Waals surface area contributed by atoms with Crippen molar-refractivity contribution < 1.29 is 9.21 Å². The van der Waals surface area contributed by atoms with Crippen LogP contribution in [0.2, 0.25) is 0 Å². The summed E-state index contributed by atoms with van der Waals surface area (Å²) in [5.74, 6) is 1.21.